The average molecular weight is 448 g/mol. The van der Waals surface area contributed by atoms with E-state index in [0.29, 0.717) is 28.5 Å². The first-order valence-corrected chi connectivity index (χ1v) is 10.5. The van der Waals surface area contributed by atoms with Crippen LogP contribution in [0.2, 0.25) is 0 Å². The van der Waals surface area contributed by atoms with Crippen LogP contribution in [0.1, 0.15) is 23.6 Å². The molecule has 4 rings (SSSR count). The molecule has 168 valence electrons. The Morgan fingerprint density at radius 2 is 1.73 bits per heavy atom. The second kappa shape index (κ2) is 8.86. The molecule has 33 heavy (non-hydrogen) atoms. The number of halogens is 2. The molecule has 0 aromatic heterocycles. The van der Waals surface area contributed by atoms with Crippen LogP contribution in [0, 0.1) is 25.5 Å². The third kappa shape index (κ3) is 4.22. The van der Waals surface area contributed by atoms with Gasteiger partial charge in [0.25, 0.3) is 11.8 Å². The molecule has 0 atom stereocenters. The van der Waals surface area contributed by atoms with Crippen LogP contribution in [-0.2, 0) is 9.59 Å². The molecule has 7 heteroatoms. The predicted octanol–water partition coefficient (Wildman–Crippen LogP) is 5.38. The van der Waals surface area contributed by atoms with Crippen LogP contribution in [0.3, 0.4) is 0 Å². The van der Waals surface area contributed by atoms with Gasteiger partial charge in [-0.1, -0.05) is 29.8 Å². The number of rotatable bonds is 6. The lowest BCUT2D eigenvalue weighted by Crippen LogP contribution is -2.33. The van der Waals surface area contributed by atoms with Crippen LogP contribution in [0.5, 0.6) is 5.75 Å². The van der Waals surface area contributed by atoms with Gasteiger partial charge >= 0.3 is 0 Å². The fraction of sp³-hybridized carbons (Fsp3) is 0.154. The van der Waals surface area contributed by atoms with E-state index in [0.717, 1.165) is 29.3 Å². The van der Waals surface area contributed by atoms with Crippen molar-refractivity contribution in [2.75, 3.05) is 16.8 Å². The number of benzene rings is 3. The van der Waals surface area contributed by atoms with E-state index in [-0.39, 0.29) is 11.3 Å². The normalized spacial score (nSPS) is 13.7. The third-order valence-electron chi connectivity index (χ3n) is 5.30. The summed E-state index contributed by atoms with van der Waals surface area (Å²) in [5.74, 6) is -2.56. The lowest BCUT2D eigenvalue weighted by Gasteiger charge is -2.16. The van der Waals surface area contributed by atoms with Gasteiger partial charge in [-0.25, -0.2) is 13.7 Å². The van der Waals surface area contributed by atoms with Crippen LogP contribution >= 0.6 is 0 Å². The van der Waals surface area contributed by atoms with Gasteiger partial charge in [0.2, 0.25) is 0 Å². The fourth-order valence-corrected chi connectivity index (χ4v) is 3.84. The van der Waals surface area contributed by atoms with Gasteiger partial charge in [-0.05, 0) is 56.2 Å². The number of ether oxygens (including phenoxy) is 1. The first kappa shape index (κ1) is 22.2. The molecule has 0 aliphatic carbocycles. The number of carbonyl (C=O) groups excluding carboxylic acids is 2. The average Bonchev–Trinajstić information content (AvgIpc) is 3.00. The summed E-state index contributed by atoms with van der Waals surface area (Å²) in [6.45, 7) is 6.06. The molecule has 1 aliphatic rings. The molecule has 0 unspecified atom stereocenters. The number of carbonyl (C=O) groups is 2. The minimum absolute atomic E-state index is 0.0238. The van der Waals surface area contributed by atoms with E-state index in [9.17, 15) is 18.4 Å². The van der Waals surface area contributed by atoms with Crippen molar-refractivity contribution >= 4 is 28.8 Å². The van der Waals surface area contributed by atoms with Crippen molar-refractivity contribution in [2.24, 2.45) is 0 Å². The van der Waals surface area contributed by atoms with Gasteiger partial charge < -0.3 is 10.1 Å². The fourth-order valence-electron chi connectivity index (χ4n) is 3.84. The molecule has 2 amide bonds. The number of hydrogen-bond acceptors (Lipinski definition) is 4. The smallest absolute Gasteiger partial charge is 0.282 e. The SMILES string of the molecule is CCOc1cccc(NC2=C(c3ccc(C)cc3C)C(=O)N(c3cc(F)ccc3F)C2=O)c1. The maximum absolute atomic E-state index is 14.6. The number of aryl methyl sites for hydroxylation is 2. The molecule has 1 aliphatic heterocycles. The standard InChI is InChI=1S/C26H22F2N2O3/c1-4-33-19-7-5-6-18(14-19)29-24-23(20-10-8-15(2)12-16(20)3)25(31)30(26(24)32)22-13-17(27)9-11-21(22)28/h5-14,29H,4H2,1-3H3. The highest BCUT2D eigenvalue weighted by atomic mass is 19.1. The lowest BCUT2D eigenvalue weighted by atomic mass is 9.97. The lowest BCUT2D eigenvalue weighted by molar-refractivity contribution is -0.120. The summed E-state index contributed by atoms with van der Waals surface area (Å²) in [5, 5.41) is 3.02. The van der Waals surface area contributed by atoms with E-state index in [1.165, 1.54) is 0 Å². The van der Waals surface area contributed by atoms with Crippen LogP contribution in [0.4, 0.5) is 20.2 Å². The summed E-state index contributed by atoms with van der Waals surface area (Å²) in [4.78, 5) is 27.6. The van der Waals surface area contributed by atoms with Crippen LogP contribution in [0.15, 0.2) is 66.4 Å². The maximum Gasteiger partial charge on any atom is 0.282 e. The Bertz CT molecular complexity index is 1300. The van der Waals surface area contributed by atoms with E-state index < -0.39 is 29.1 Å². The first-order chi connectivity index (χ1) is 15.8. The number of nitrogens with zero attached hydrogens (tertiary/aromatic N) is 1. The molecule has 0 radical (unpaired) electrons. The number of imide groups is 1. The molecule has 1 heterocycles. The minimum Gasteiger partial charge on any atom is -0.494 e. The van der Waals surface area contributed by atoms with Gasteiger partial charge in [0, 0.05) is 17.8 Å². The highest BCUT2D eigenvalue weighted by molar-refractivity contribution is 6.46. The summed E-state index contributed by atoms with van der Waals surface area (Å²) in [6, 6.07) is 15.0. The van der Waals surface area contributed by atoms with Crippen molar-refractivity contribution in [3.05, 3.63) is 94.7 Å². The Morgan fingerprint density at radius 1 is 0.939 bits per heavy atom. The summed E-state index contributed by atoms with van der Waals surface area (Å²) >= 11 is 0. The quantitative estimate of drug-likeness (QED) is 0.515. The van der Waals surface area contributed by atoms with E-state index >= 15 is 0 Å². The molecular formula is C26H22F2N2O3. The second-order valence-corrected chi connectivity index (χ2v) is 7.70. The summed E-state index contributed by atoms with van der Waals surface area (Å²) < 4.78 is 34.0. The van der Waals surface area contributed by atoms with Crippen molar-refractivity contribution < 1.29 is 23.1 Å². The molecule has 5 nitrogen and oxygen atoms in total. The van der Waals surface area contributed by atoms with Crippen molar-refractivity contribution in [1.29, 1.82) is 0 Å². The van der Waals surface area contributed by atoms with E-state index in [1.54, 1.807) is 30.3 Å². The van der Waals surface area contributed by atoms with Crippen LogP contribution in [-0.4, -0.2) is 18.4 Å². The number of nitrogens with one attached hydrogen (secondary N) is 1. The second-order valence-electron chi connectivity index (χ2n) is 7.70. The Hall–Kier alpha value is -4.00. The maximum atomic E-state index is 14.6. The van der Waals surface area contributed by atoms with E-state index in [4.69, 9.17) is 4.74 Å². The first-order valence-electron chi connectivity index (χ1n) is 10.5. The van der Waals surface area contributed by atoms with Crippen molar-refractivity contribution in [3.8, 4) is 5.75 Å². The Labute approximate surface area is 190 Å². The van der Waals surface area contributed by atoms with Crippen molar-refractivity contribution in [1.82, 2.24) is 0 Å². The molecule has 1 N–H and O–H groups in total. The van der Waals surface area contributed by atoms with Gasteiger partial charge in [0.15, 0.2) is 0 Å². The van der Waals surface area contributed by atoms with Gasteiger partial charge in [-0.3, -0.25) is 9.59 Å². The molecule has 3 aromatic carbocycles. The number of hydrogen-bond donors (Lipinski definition) is 1. The summed E-state index contributed by atoms with van der Waals surface area (Å²) in [6.07, 6.45) is 0. The molecule has 0 saturated carbocycles. The minimum atomic E-state index is -0.877. The zero-order valence-corrected chi connectivity index (χ0v) is 18.4. The van der Waals surface area contributed by atoms with Crippen molar-refractivity contribution in [3.63, 3.8) is 0 Å². The Morgan fingerprint density at radius 3 is 2.45 bits per heavy atom. The number of amides is 2. The Kier molecular flexibility index (Phi) is 5.96. The van der Waals surface area contributed by atoms with Crippen molar-refractivity contribution in [2.45, 2.75) is 20.8 Å². The molecule has 0 spiro atoms. The molecule has 0 bridgehead atoms. The highest BCUT2D eigenvalue weighted by Crippen LogP contribution is 2.36. The number of anilines is 2. The summed E-state index contributed by atoms with van der Waals surface area (Å²) in [5.41, 5.74) is 2.43. The van der Waals surface area contributed by atoms with Crippen LogP contribution in [0.25, 0.3) is 5.57 Å². The van der Waals surface area contributed by atoms with Gasteiger partial charge in [-0.2, -0.15) is 0 Å². The predicted molar refractivity (Wildman–Crippen MR) is 123 cm³/mol. The Balaban J connectivity index is 1.86. The third-order valence-corrected chi connectivity index (χ3v) is 5.30. The summed E-state index contributed by atoms with van der Waals surface area (Å²) in [7, 11) is 0. The molecule has 0 fully saturated rings. The van der Waals surface area contributed by atoms with Gasteiger partial charge in [0.05, 0.1) is 17.9 Å². The zero-order chi connectivity index (χ0) is 23.7. The largest absolute Gasteiger partial charge is 0.494 e. The van der Waals surface area contributed by atoms with Crippen LogP contribution < -0.4 is 15.0 Å². The molecular weight excluding hydrogens is 426 g/mol. The van der Waals surface area contributed by atoms with Gasteiger partial charge in [0.1, 0.15) is 23.1 Å². The zero-order valence-electron chi connectivity index (χ0n) is 18.4. The molecule has 3 aromatic rings. The highest BCUT2D eigenvalue weighted by Gasteiger charge is 2.42. The van der Waals surface area contributed by atoms with E-state index in [1.807, 2.05) is 32.9 Å². The monoisotopic (exact) mass is 448 g/mol. The van der Waals surface area contributed by atoms with Gasteiger partial charge in [-0.15, -0.1) is 0 Å². The van der Waals surface area contributed by atoms with E-state index in [2.05, 4.69) is 5.32 Å². The molecule has 0 saturated heterocycles. The topological polar surface area (TPSA) is 58.6 Å².